The van der Waals surface area contributed by atoms with Crippen LogP contribution in [0.2, 0.25) is 0 Å². The number of carbonyl (C=O) groups is 1. The van der Waals surface area contributed by atoms with Gasteiger partial charge in [0.2, 0.25) is 0 Å². The second kappa shape index (κ2) is 7.64. The highest BCUT2D eigenvalue weighted by molar-refractivity contribution is 5.78. The molecule has 132 valence electrons. The molecule has 1 amide bonds. The summed E-state index contributed by atoms with van der Waals surface area (Å²) in [5, 5.41) is 0. The Labute approximate surface area is 146 Å². The SMILES string of the molecule is CCc1ccc(OCC(=O)N(Cc2ccc(F)cc2F)C2CC2)cc1. The maximum atomic E-state index is 13.9. The molecule has 1 fully saturated rings. The number of amides is 1. The Kier molecular flexibility index (Phi) is 5.31. The summed E-state index contributed by atoms with van der Waals surface area (Å²) >= 11 is 0. The van der Waals surface area contributed by atoms with Crippen LogP contribution in [0.15, 0.2) is 42.5 Å². The van der Waals surface area contributed by atoms with Crippen molar-refractivity contribution in [3.05, 3.63) is 65.2 Å². The van der Waals surface area contributed by atoms with Gasteiger partial charge in [0.05, 0.1) is 0 Å². The number of hydrogen-bond donors (Lipinski definition) is 0. The molecule has 25 heavy (non-hydrogen) atoms. The number of aryl methyl sites for hydroxylation is 1. The van der Waals surface area contributed by atoms with Crippen LogP contribution in [-0.4, -0.2) is 23.5 Å². The largest absolute Gasteiger partial charge is 0.484 e. The van der Waals surface area contributed by atoms with E-state index < -0.39 is 11.6 Å². The molecule has 0 aliphatic heterocycles. The van der Waals surface area contributed by atoms with Crippen LogP contribution < -0.4 is 4.74 Å². The zero-order chi connectivity index (χ0) is 17.8. The van der Waals surface area contributed by atoms with E-state index in [1.54, 1.807) is 4.90 Å². The van der Waals surface area contributed by atoms with Crippen LogP contribution in [0.5, 0.6) is 5.75 Å². The van der Waals surface area contributed by atoms with E-state index >= 15 is 0 Å². The van der Waals surface area contributed by atoms with Crippen LogP contribution >= 0.6 is 0 Å². The maximum Gasteiger partial charge on any atom is 0.261 e. The van der Waals surface area contributed by atoms with Gasteiger partial charge in [-0.05, 0) is 43.0 Å². The molecule has 0 aromatic heterocycles. The summed E-state index contributed by atoms with van der Waals surface area (Å²) in [6.07, 6.45) is 2.75. The van der Waals surface area contributed by atoms with Crippen molar-refractivity contribution in [1.29, 1.82) is 0 Å². The van der Waals surface area contributed by atoms with E-state index in [9.17, 15) is 13.6 Å². The van der Waals surface area contributed by atoms with Gasteiger partial charge in [-0.25, -0.2) is 8.78 Å². The Balaban J connectivity index is 1.62. The third-order valence-electron chi connectivity index (χ3n) is 4.36. The molecular weight excluding hydrogens is 324 g/mol. The summed E-state index contributed by atoms with van der Waals surface area (Å²) < 4.78 is 32.5. The van der Waals surface area contributed by atoms with Crippen molar-refractivity contribution in [1.82, 2.24) is 4.90 Å². The van der Waals surface area contributed by atoms with Crippen molar-refractivity contribution in [3.8, 4) is 5.75 Å². The van der Waals surface area contributed by atoms with E-state index in [-0.39, 0.29) is 25.1 Å². The van der Waals surface area contributed by atoms with Crippen LogP contribution in [-0.2, 0) is 17.8 Å². The van der Waals surface area contributed by atoms with Gasteiger partial charge >= 0.3 is 0 Å². The Morgan fingerprint density at radius 3 is 2.48 bits per heavy atom. The molecule has 0 heterocycles. The lowest BCUT2D eigenvalue weighted by molar-refractivity contribution is -0.134. The first kappa shape index (κ1) is 17.4. The molecule has 0 N–H and O–H groups in total. The number of carbonyl (C=O) groups excluding carboxylic acids is 1. The van der Waals surface area contributed by atoms with Crippen LogP contribution in [0.4, 0.5) is 8.78 Å². The van der Waals surface area contributed by atoms with E-state index in [1.165, 1.54) is 17.7 Å². The Morgan fingerprint density at radius 1 is 1.16 bits per heavy atom. The molecule has 0 saturated heterocycles. The predicted octanol–water partition coefficient (Wildman–Crippen LogP) is 4.10. The molecule has 0 atom stereocenters. The van der Waals surface area contributed by atoms with Crippen LogP contribution in [0.25, 0.3) is 0 Å². The van der Waals surface area contributed by atoms with Crippen LogP contribution in [0.1, 0.15) is 30.9 Å². The molecule has 2 aromatic rings. The fourth-order valence-electron chi connectivity index (χ4n) is 2.69. The third-order valence-corrected chi connectivity index (χ3v) is 4.36. The fourth-order valence-corrected chi connectivity index (χ4v) is 2.69. The number of rotatable bonds is 7. The summed E-state index contributed by atoms with van der Waals surface area (Å²) in [7, 11) is 0. The van der Waals surface area contributed by atoms with E-state index in [4.69, 9.17) is 4.74 Å². The fraction of sp³-hybridized carbons (Fsp3) is 0.350. The molecule has 5 heteroatoms. The summed E-state index contributed by atoms with van der Waals surface area (Å²) in [4.78, 5) is 14.1. The van der Waals surface area contributed by atoms with Gasteiger partial charge < -0.3 is 9.64 Å². The Bertz CT molecular complexity index is 742. The summed E-state index contributed by atoms with van der Waals surface area (Å²) in [5.74, 6) is -0.806. The van der Waals surface area contributed by atoms with Crippen molar-refractivity contribution >= 4 is 5.91 Å². The Morgan fingerprint density at radius 2 is 1.88 bits per heavy atom. The van der Waals surface area contributed by atoms with Gasteiger partial charge in [-0.3, -0.25) is 4.79 Å². The average Bonchev–Trinajstić information content (AvgIpc) is 3.44. The molecule has 1 aliphatic rings. The smallest absolute Gasteiger partial charge is 0.261 e. The number of ether oxygens (including phenoxy) is 1. The van der Waals surface area contributed by atoms with Gasteiger partial charge in [0.1, 0.15) is 17.4 Å². The number of halogens is 2. The normalized spacial score (nSPS) is 13.6. The van der Waals surface area contributed by atoms with Gasteiger partial charge in [0.15, 0.2) is 6.61 Å². The molecule has 1 saturated carbocycles. The second-order valence-electron chi connectivity index (χ2n) is 6.27. The zero-order valence-corrected chi connectivity index (χ0v) is 14.2. The van der Waals surface area contributed by atoms with E-state index in [1.807, 2.05) is 24.3 Å². The summed E-state index contributed by atoms with van der Waals surface area (Å²) in [5.41, 5.74) is 1.51. The lowest BCUT2D eigenvalue weighted by Gasteiger charge is -2.23. The minimum atomic E-state index is -0.630. The van der Waals surface area contributed by atoms with Crippen molar-refractivity contribution in [2.75, 3.05) is 6.61 Å². The highest BCUT2D eigenvalue weighted by atomic mass is 19.1. The highest BCUT2D eigenvalue weighted by Crippen LogP contribution is 2.29. The molecule has 0 unspecified atom stereocenters. The van der Waals surface area contributed by atoms with Crippen molar-refractivity contribution < 1.29 is 18.3 Å². The standard InChI is InChI=1S/C20H21F2NO2/c1-2-14-3-9-18(10-4-14)25-13-20(24)23(17-7-8-17)12-15-5-6-16(21)11-19(15)22/h3-6,9-11,17H,2,7-8,12-13H2,1H3. The lowest BCUT2D eigenvalue weighted by atomic mass is 10.2. The van der Waals surface area contributed by atoms with Crippen LogP contribution in [0, 0.1) is 11.6 Å². The predicted molar refractivity (Wildman–Crippen MR) is 91.2 cm³/mol. The quantitative estimate of drug-likeness (QED) is 0.756. The minimum absolute atomic E-state index is 0.0925. The van der Waals surface area contributed by atoms with Crippen molar-refractivity contribution in [2.45, 2.75) is 38.8 Å². The van der Waals surface area contributed by atoms with Gasteiger partial charge in [0, 0.05) is 24.2 Å². The Hall–Kier alpha value is -2.43. The first-order valence-electron chi connectivity index (χ1n) is 8.52. The van der Waals surface area contributed by atoms with E-state index in [2.05, 4.69) is 6.92 Å². The lowest BCUT2D eigenvalue weighted by Crippen LogP contribution is -2.36. The van der Waals surface area contributed by atoms with Gasteiger partial charge in [-0.1, -0.05) is 25.1 Å². The first-order valence-corrected chi connectivity index (χ1v) is 8.52. The van der Waals surface area contributed by atoms with Crippen molar-refractivity contribution in [3.63, 3.8) is 0 Å². The van der Waals surface area contributed by atoms with E-state index in [0.29, 0.717) is 11.3 Å². The van der Waals surface area contributed by atoms with Crippen LogP contribution in [0.3, 0.4) is 0 Å². The van der Waals surface area contributed by atoms with Gasteiger partial charge in [0.25, 0.3) is 5.91 Å². The summed E-state index contributed by atoms with van der Waals surface area (Å²) in [6.45, 7) is 2.11. The molecule has 0 bridgehead atoms. The molecule has 0 spiro atoms. The molecule has 2 aromatic carbocycles. The highest BCUT2D eigenvalue weighted by Gasteiger charge is 2.33. The zero-order valence-electron chi connectivity index (χ0n) is 14.2. The molecular formula is C20H21F2NO2. The van der Waals surface area contributed by atoms with Gasteiger partial charge in [-0.2, -0.15) is 0 Å². The molecule has 3 rings (SSSR count). The molecule has 1 aliphatic carbocycles. The monoisotopic (exact) mass is 345 g/mol. The second-order valence-corrected chi connectivity index (χ2v) is 6.27. The average molecular weight is 345 g/mol. The number of benzene rings is 2. The number of hydrogen-bond acceptors (Lipinski definition) is 2. The minimum Gasteiger partial charge on any atom is -0.484 e. The van der Waals surface area contributed by atoms with Crippen molar-refractivity contribution in [2.24, 2.45) is 0 Å². The van der Waals surface area contributed by atoms with Gasteiger partial charge in [-0.15, -0.1) is 0 Å². The topological polar surface area (TPSA) is 29.5 Å². The molecule has 3 nitrogen and oxygen atoms in total. The first-order chi connectivity index (χ1) is 12.1. The molecule has 0 radical (unpaired) electrons. The van der Waals surface area contributed by atoms with E-state index in [0.717, 1.165) is 25.3 Å². The number of nitrogens with zero attached hydrogens (tertiary/aromatic N) is 1. The summed E-state index contributed by atoms with van der Waals surface area (Å²) in [6, 6.07) is 11.2. The maximum absolute atomic E-state index is 13.9. The third kappa shape index (κ3) is 4.56.